The van der Waals surface area contributed by atoms with Crippen LogP contribution in [0.3, 0.4) is 0 Å². The summed E-state index contributed by atoms with van der Waals surface area (Å²) in [6.45, 7) is 4.22. The number of carbonyl (C=O) groups is 1. The second kappa shape index (κ2) is 6.80. The summed E-state index contributed by atoms with van der Waals surface area (Å²) < 4.78 is 0.992. The van der Waals surface area contributed by atoms with E-state index in [1.165, 1.54) is 6.42 Å². The van der Waals surface area contributed by atoms with Crippen LogP contribution in [0.1, 0.15) is 42.1 Å². The predicted octanol–water partition coefficient (Wildman–Crippen LogP) is 4.16. The lowest BCUT2D eigenvalue weighted by atomic mass is 10.1. The van der Waals surface area contributed by atoms with Gasteiger partial charge in [-0.3, -0.25) is 4.79 Å². The molecule has 104 valence electrons. The molecule has 2 unspecified atom stereocenters. The van der Waals surface area contributed by atoms with Crippen LogP contribution in [0.2, 0.25) is 0 Å². The SMILES string of the molecule is CCSC1CCC(NC(=O)c2ccc(C)c(Br)c2)C1. The van der Waals surface area contributed by atoms with E-state index in [-0.39, 0.29) is 5.91 Å². The molecule has 1 amide bonds. The van der Waals surface area contributed by atoms with Crippen LogP contribution in [0.15, 0.2) is 22.7 Å². The van der Waals surface area contributed by atoms with Crippen molar-refractivity contribution in [1.82, 2.24) is 5.32 Å². The first-order valence-corrected chi connectivity index (χ1v) is 8.63. The van der Waals surface area contributed by atoms with E-state index < -0.39 is 0 Å². The van der Waals surface area contributed by atoms with E-state index in [9.17, 15) is 4.79 Å². The molecule has 0 bridgehead atoms. The molecule has 1 aromatic rings. The second-order valence-electron chi connectivity index (χ2n) is 5.02. The first kappa shape index (κ1) is 14.9. The van der Waals surface area contributed by atoms with E-state index in [1.807, 2.05) is 36.9 Å². The number of carbonyl (C=O) groups excluding carboxylic acids is 1. The summed E-state index contributed by atoms with van der Waals surface area (Å²) in [5.41, 5.74) is 1.89. The molecule has 1 aliphatic carbocycles. The van der Waals surface area contributed by atoms with Gasteiger partial charge in [0.25, 0.3) is 5.91 Å². The molecule has 0 saturated heterocycles. The number of nitrogens with one attached hydrogen (secondary N) is 1. The number of rotatable bonds is 4. The molecule has 0 radical (unpaired) electrons. The number of benzene rings is 1. The Labute approximate surface area is 127 Å². The molecular formula is C15H20BrNOS. The van der Waals surface area contributed by atoms with Crippen molar-refractivity contribution in [2.75, 3.05) is 5.75 Å². The standard InChI is InChI=1S/C15H20BrNOS/c1-3-19-13-7-6-12(9-13)17-15(18)11-5-4-10(2)14(16)8-11/h4-5,8,12-13H,3,6-7,9H2,1-2H3,(H,17,18). The minimum absolute atomic E-state index is 0.0489. The third-order valence-electron chi connectivity index (χ3n) is 3.56. The van der Waals surface area contributed by atoms with Crippen molar-refractivity contribution in [2.45, 2.75) is 44.4 Å². The van der Waals surface area contributed by atoms with Gasteiger partial charge < -0.3 is 5.32 Å². The highest BCUT2D eigenvalue weighted by Gasteiger charge is 2.25. The van der Waals surface area contributed by atoms with Crippen LogP contribution in [-0.4, -0.2) is 23.0 Å². The van der Waals surface area contributed by atoms with E-state index in [1.54, 1.807) is 0 Å². The Bertz CT molecular complexity index is 463. The van der Waals surface area contributed by atoms with Crippen molar-refractivity contribution in [3.05, 3.63) is 33.8 Å². The molecule has 0 aliphatic heterocycles. The fraction of sp³-hybridized carbons (Fsp3) is 0.533. The zero-order chi connectivity index (χ0) is 13.8. The first-order chi connectivity index (χ1) is 9.10. The quantitative estimate of drug-likeness (QED) is 0.890. The Kier molecular flexibility index (Phi) is 5.34. The molecular weight excluding hydrogens is 322 g/mol. The van der Waals surface area contributed by atoms with E-state index in [4.69, 9.17) is 0 Å². The van der Waals surface area contributed by atoms with Crippen molar-refractivity contribution < 1.29 is 4.79 Å². The number of hydrogen-bond acceptors (Lipinski definition) is 2. The Hall–Kier alpha value is -0.480. The van der Waals surface area contributed by atoms with Crippen LogP contribution in [-0.2, 0) is 0 Å². The fourth-order valence-corrected chi connectivity index (χ4v) is 3.98. The van der Waals surface area contributed by atoms with Crippen LogP contribution in [0.4, 0.5) is 0 Å². The third kappa shape index (κ3) is 3.99. The molecule has 1 fully saturated rings. The maximum atomic E-state index is 12.2. The Morgan fingerprint density at radius 1 is 1.47 bits per heavy atom. The van der Waals surface area contributed by atoms with Crippen LogP contribution in [0, 0.1) is 6.92 Å². The number of hydrogen-bond donors (Lipinski definition) is 1. The Balaban J connectivity index is 1.92. The fourth-order valence-electron chi connectivity index (χ4n) is 2.46. The summed E-state index contributed by atoms with van der Waals surface area (Å²) in [5.74, 6) is 1.21. The average Bonchev–Trinajstić information content (AvgIpc) is 2.80. The highest BCUT2D eigenvalue weighted by Crippen LogP contribution is 2.30. The summed E-state index contributed by atoms with van der Waals surface area (Å²) in [7, 11) is 0. The third-order valence-corrected chi connectivity index (χ3v) is 5.64. The smallest absolute Gasteiger partial charge is 0.251 e. The number of aryl methyl sites for hydroxylation is 1. The summed E-state index contributed by atoms with van der Waals surface area (Å²) in [6, 6.07) is 6.11. The minimum Gasteiger partial charge on any atom is -0.349 e. The van der Waals surface area contributed by atoms with E-state index in [2.05, 4.69) is 28.2 Å². The lowest BCUT2D eigenvalue weighted by Crippen LogP contribution is -2.33. The summed E-state index contributed by atoms with van der Waals surface area (Å²) in [5, 5.41) is 3.88. The summed E-state index contributed by atoms with van der Waals surface area (Å²) in [4.78, 5) is 12.2. The highest BCUT2D eigenvalue weighted by atomic mass is 79.9. The van der Waals surface area contributed by atoms with Gasteiger partial charge in [-0.15, -0.1) is 0 Å². The topological polar surface area (TPSA) is 29.1 Å². The minimum atomic E-state index is 0.0489. The highest BCUT2D eigenvalue weighted by molar-refractivity contribution is 9.10. The molecule has 19 heavy (non-hydrogen) atoms. The zero-order valence-electron chi connectivity index (χ0n) is 11.4. The van der Waals surface area contributed by atoms with Gasteiger partial charge in [0.15, 0.2) is 0 Å². The van der Waals surface area contributed by atoms with Gasteiger partial charge >= 0.3 is 0 Å². The van der Waals surface area contributed by atoms with Crippen LogP contribution < -0.4 is 5.32 Å². The normalized spacial score (nSPS) is 22.5. The van der Waals surface area contributed by atoms with Gasteiger partial charge in [0.2, 0.25) is 0 Å². The van der Waals surface area contributed by atoms with Gasteiger partial charge in [-0.25, -0.2) is 0 Å². The number of thioether (sulfide) groups is 1. The molecule has 1 saturated carbocycles. The van der Waals surface area contributed by atoms with Gasteiger partial charge in [-0.05, 0) is 49.6 Å². The molecule has 4 heteroatoms. The molecule has 1 aromatic carbocycles. The van der Waals surface area contributed by atoms with Gasteiger partial charge in [0.05, 0.1) is 0 Å². The Morgan fingerprint density at radius 2 is 2.26 bits per heavy atom. The number of amides is 1. The van der Waals surface area contributed by atoms with Crippen molar-refractivity contribution in [2.24, 2.45) is 0 Å². The summed E-state index contributed by atoms with van der Waals surface area (Å²) >= 11 is 5.48. The van der Waals surface area contributed by atoms with E-state index in [0.29, 0.717) is 6.04 Å². The molecule has 0 heterocycles. The van der Waals surface area contributed by atoms with Crippen molar-refractivity contribution in [3.8, 4) is 0 Å². The molecule has 2 rings (SSSR count). The molecule has 1 aliphatic rings. The zero-order valence-corrected chi connectivity index (χ0v) is 13.8. The maximum Gasteiger partial charge on any atom is 0.251 e. The van der Waals surface area contributed by atoms with Gasteiger partial charge in [0, 0.05) is 21.3 Å². The first-order valence-electron chi connectivity index (χ1n) is 6.78. The summed E-state index contributed by atoms with van der Waals surface area (Å²) in [6.07, 6.45) is 3.44. The van der Waals surface area contributed by atoms with Gasteiger partial charge in [0.1, 0.15) is 0 Å². The predicted molar refractivity (Wildman–Crippen MR) is 85.9 cm³/mol. The number of halogens is 1. The Morgan fingerprint density at radius 3 is 2.95 bits per heavy atom. The average molecular weight is 342 g/mol. The molecule has 2 atom stereocenters. The van der Waals surface area contributed by atoms with Gasteiger partial charge in [-0.2, -0.15) is 11.8 Å². The van der Waals surface area contributed by atoms with Crippen molar-refractivity contribution in [3.63, 3.8) is 0 Å². The van der Waals surface area contributed by atoms with Gasteiger partial charge in [-0.1, -0.05) is 28.9 Å². The monoisotopic (exact) mass is 341 g/mol. The lowest BCUT2D eigenvalue weighted by Gasteiger charge is -2.13. The molecule has 0 spiro atoms. The maximum absolute atomic E-state index is 12.2. The molecule has 2 nitrogen and oxygen atoms in total. The lowest BCUT2D eigenvalue weighted by molar-refractivity contribution is 0.0938. The van der Waals surface area contributed by atoms with Crippen molar-refractivity contribution >= 4 is 33.6 Å². The van der Waals surface area contributed by atoms with E-state index >= 15 is 0 Å². The van der Waals surface area contributed by atoms with Crippen LogP contribution in [0.25, 0.3) is 0 Å². The van der Waals surface area contributed by atoms with Crippen LogP contribution in [0.5, 0.6) is 0 Å². The van der Waals surface area contributed by atoms with Crippen molar-refractivity contribution in [1.29, 1.82) is 0 Å². The second-order valence-corrected chi connectivity index (χ2v) is 7.46. The molecule has 1 N–H and O–H groups in total. The largest absolute Gasteiger partial charge is 0.349 e. The van der Waals surface area contributed by atoms with Crippen LogP contribution >= 0.6 is 27.7 Å². The molecule has 0 aromatic heterocycles. The van der Waals surface area contributed by atoms with E-state index in [0.717, 1.165) is 39.4 Å².